The molecular weight excluding hydrogens is 314 g/mol. The van der Waals surface area contributed by atoms with Gasteiger partial charge in [-0.1, -0.05) is 6.08 Å². The fraction of sp³-hybridized carbons (Fsp3) is 0.846. The van der Waals surface area contributed by atoms with E-state index in [4.69, 9.17) is 18.1 Å². The molecule has 1 aliphatic rings. The molecule has 0 aliphatic heterocycles. The number of allylic oxidation sites excluding steroid dienone is 1. The molecule has 0 heterocycles. The highest BCUT2D eigenvalue weighted by Crippen LogP contribution is 2.89. The molecule has 0 aromatic rings. The van der Waals surface area contributed by atoms with E-state index in [-0.39, 0.29) is 32.3 Å². The van der Waals surface area contributed by atoms with Crippen molar-refractivity contribution in [2.24, 2.45) is 5.92 Å². The van der Waals surface area contributed by atoms with E-state index in [1.165, 1.54) is 0 Å². The largest absolute Gasteiger partial charge is 0.349 e. The lowest BCUT2D eigenvalue weighted by atomic mass is 10.4. The highest BCUT2D eigenvalue weighted by atomic mass is 31.2. The molecule has 0 amide bonds. The van der Waals surface area contributed by atoms with Crippen LogP contribution in [0.4, 0.5) is 0 Å². The average Bonchev–Trinajstić information content (AvgIpc) is 3.16. The van der Waals surface area contributed by atoms with Crippen LogP contribution in [0.5, 0.6) is 0 Å². The Balaban J connectivity index is 3.33. The van der Waals surface area contributed by atoms with Crippen molar-refractivity contribution >= 4 is 15.2 Å². The Morgan fingerprint density at radius 2 is 1.29 bits per heavy atom. The smallest absolute Gasteiger partial charge is 0.308 e. The van der Waals surface area contributed by atoms with Crippen molar-refractivity contribution in [1.82, 2.24) is 0 Å². The van der Waals surface area contributed by atoms with Gasteiger partial charge in [0.1, 0.15) is 0 Å². The summed E-state index contributed by atoms with van der Waals surface area (Å²) >= 11 is 0. The second-order valence-corrected chi connectivity index (χ2v) is 9.56. The summed E-state index contributed by atoms with van der Waals surface area (Å²) in [5.74, 6) is -0.273. The molecule has 0 radical (unpaired) electrons. The third kappa shape index (κ3) is 3.21. The summed E-state index contributed by atoms with van der Waals surface area (Å²) in [6.45, 7) is 11.4. The third-order valence-electron chi connectivity index (χ3n) is 3.38. The molecule has 0 N–H and O–H groups in total. The van der Waals surface area contributed by atoms with Crippen molar-refractivity contribution < 1.29 is 27.2 Å². The molecule has 1 rings (SSSR count). The molecule has 0 saturated heterocycles. The van der Waals surface area contributed by atoms with Crippen molar-refractivity contribution in [3.8, 4) is 0 Å². The number of rotatable bonds is 11. The molecule has 0 aromatic carbocycles. The highest BCUT2D eigenvalue weighted by molar-refractivity contribution is 7.75. The van der Waals surface area contributed by atoms with Gasteiger partial charge in [-0.2, -0.15) is 0 Å². The first-order valence-electron chi connectivity index (χ1n) is 7.32. The van der Waals surface area contributed by atoms with Crippen LogP contribution in [0.2, 0.25) is 0 Å². The highest BCUT2D eigenvalue weighted by Gasteiger charge is 2.78. The van der Waals surface area contributed by atoms with Gasteiger partial charge in [0.25, 0.3) is 0 Å². The molecule has 0 aromatic heterocycles. The lowest BCUT2D eigenvalue weighted by Crippen LogP contribution is -2.21. The van der Waals surface area contributed by atoms with Crippen LogP contribution in [-0.2, 0) is 27.2 Å². The molecular formula is C13H26O6P2. The molecule has 1 aliphatic carbocycles. The van der Waals surface area contributed by atoms with Crippen molar-refractivity contribution in [2.75, 3.05) is 26.4 Å². The fourth-order valence-corrected chi connectivity index (χ4v) is 8.68. The molecule has 21 heavy (non-hydrogen) atoms. The van der Waals surface area contributed by atoms with Gasteiger partial charge in [-0.25, -0.2) is 0 Å². The second kappa shape index (κ2) is 7.54. The SMILES string of the molecule is C=CC1CC1(P(=O)(OCC)OCC)P(=O)(OCC)OCC. The third-order valence-corrected chi connectivity index (χ3v) is 10.2. The van der Waals surface area contributed by atoms with E-state index in [0.717, 1.165) is 0 Å². The van der Waals surface area contributed by atoms with Crippen LogP contribution in [0.3, 0.4) is 0 Å². The summed E-state index contributed by atoms with van der Waals surface area (Å²) in [6, 6.07) is 0. The predicted octanol–water partition coefficient (Wildman–Crippen LogP) is 4.42. The summed E-state index contributed by atoms with van der Waals surface area (Å²) in [4.78, 5) is -1.26. The van der Waals surface area contributed by atoms with E-state index in [9.17, 15) is 9.13 Å². The van der Waals surface area contributed by atoms with Crippen LogP contribution >= 0.6 is 15.2 Å². The first kappa shape index (κ1) is 19.1. The van der Waals surface area contributed by atoms with E-state index in [1.54, 1.807) is 33.8 Å². The minimum atomic E-state index is -3.65. The normalized spacial score (nSPS) is 21.2. The van der Waals surface area contributed by atoms with E-state index < -0.39 is 20.1 Å². The maximum absolute atomic E-state index is 13.2. The van der Waals surface area contributed by atoms with Crippen LogP contribution in [0.25, 0.3) is 0 Å². The zero-order valence-electron chi connectivity index (χ0n) is 13.2. The van der Waals surface area contributed by atoms with Gasteiger partial charge in [-0.3, -0.25) is 9.13 Å². The Morgan fingerprint density at radius 3 is 1.48 bits per heavy atom. The van der Waals surface area contributed by atoms with Gasteiger partial charge in [0.15, 0.2) is 4.90 Å². The standard InChI is InChI=1S/C13H26O6P2/c1-6-12-11-13(12,20(14,16-7-2)17-8-3)21(15,18-9-4)19-10-5/h6,12H,1,7-11H2,2-5H3. The average molecular weight is 340 g/mol. The molecule has 124 valence electrons. The maximum Gasteiger partial charge on any atom is 0.349 e. The van der Waals surface area contributed by atoms with Gasteiger partial charge in [-0.15, -0.1) is 6.58 Å². The minimum Gasteiger partial charge on any atom is -0.308 e. The minimum absolute atomic E-state index is 0.196. The molecule has 0 bridgehead atoms. The zero-order valence-corrected chi connectivity index (χ0v) is 15.0. The van der Waals surface area contributed by atoms with E-state index in [1.807, 2.05) is 0 Å². The van der Waals surface area contributed by atoms with E-state index in [0.29, 0.717) is 6.42 Å². The van der Waals surface area contributed by atoms with Crippen LogP contribution in [-0.4, -0.2) is 31.3 Å². The lowest BCUT2D eigenvalue weighted by Gasteiger charge is -2.32. The van der Waals surface area contributed by atoms with Gasteiger partial charge < -0.3 is 18.1 Å². The van der Waals surface area contributed by atoms with Crippen LogP contribution in [0.1, 0.15) is 34.1 Å². The second-order valence-electron chi connectivity index (χ2n) is 4.59. The monoisotopic (exact) mass is 340 g/mol. The molecule has 0 spiro atoms. The van der Waals surface area contributed by atoms with Crippen molar-refractivity contribution in [1.29, 1.82) is 0 Å². The summed E-state index contributed by atoms with van der Waals surface area (Å²) in [7, 11) is -7.30. The maximum atomic E-state index is 13.2. The van der Waals surface area contributed by atoms with Gasteiger partial charge in [0, 0.05) is 5.92 Å². The predicted molar refractivity (Wildman–Crippen MR) is 82.8 cm³/mol. The Bertz CT molecular complexity index is 400. The number of hydrogen-bond acceptors (Lipinski definition) is 6. The fourth-order valence-electron chi connectivity index (χ4n) is 2.52. The Kier molecular flexibility index (Phi) is 6.85. The van der Waals surface area contributed by atoms with Gasteiger partial charge in [0.2, 0.25) is 0 Å². The molecule has 8 heteroatoms. The van der Waals surface area contributed by atoms with Crippen LogP contribution in [0.15, 0.2) is 12.7 Å². The summed E-state index contributed by atoms with van der Waals surface area (Å²) in [5.41, 5.74) is 0. The quantitative estimate of drug-likeness (QED) is 0.409. The van der Waals surface area contributed by atoms with Crippen molar-refractivity contribution in [3.63, 3.8) is 0 Å². The van der Waals surface area contributed by atoms with Crippen LogP contribution in [0, 0.1) is 5.92 Å². The molecule has 1 fully saturated rings. The Morgan fingerprint density at radius 1 is 0.952 bits per heavy atom. The molecule has 6 nitrogen and oxygen atoms in total. The molecule has 1 atom stereocenters. The number of hydrogen-bond donors (Lipinski definition) is 0. The lowest BCUT2D eigenvalue weighted by molar-refractivity contribution is 0.191. The molecule has 1 saturated carbocycles. The Hall–Kier alpha value is 0.0400. The zero-order chi connectivity index (χ0) is 16.1. The first-order valence-corrected chi connectivity index (χ1v) is 10.4. The van der Waals surface area contributed by atoms with Crippen molar-refractivity contribution in [2.45, 2.75) is 39.0 Å². The van der Waals surface area contributed by atoms with Crippen LogP contribution < -0.4 is 0 Å². The first-order chi connectivity index (χ1) is 9.91. The van der Waals surface area contributed by atoms with E-state index >= 15 is 0 Å². The van der Waals surface area contributed by atoms with Gasteiger partial charge in [0.05, 0.1) is 26.4 Å². The van der Waals surface area contributed by atoms with E-state index in [2.05, 4.69) is 6.58 Å². The molecule has 1 unspecified atom stereocenters. The van der Waals surface area contributed by atoms with Crippen molar-refractivity contribution in [3.05, 3.63) is 12.7 Å². The van der Waals surface area contributed by atoms with Gasteiger partial charge >= 0.3 is 15.2 Å². The summed E-state index contributed by atoms with van der Waals surface area (Å²) < 4.78 is 48.2. The summed E-state index contributed by atoms with van der Waals surface area (Å²) in [6.07, 6.45) is 1.99. The topological polar surface area (TPSA) is 71.1 Å². The van der Waals surface area contributed by atoms with Gasteiger partial charge in [-0.05, 0) is 34.1 Å². The summed E-state index contributed by atoms with van der Waals surface area (Å²) in [5, 5.41) is 0. The Labute approximate surface area is 127 Å².